The number of rotatable bonds is 3. The van der Waals surface area contributed by atoms with E-state index in [1.807, 2.05) is 11.1 Å². The van der Waals surface area contributed by atoms with Crippen LogP contribution in [0.25, 0.3) is 0 Å². The number of amides is 2. The van der Waals surface area contributed by atoms with Crippen LogP contribution in [0.3, 0.4) is 0 Å². The van der Waals surface area contributed by atoms with Gasteiger partial charge in [0.05, 0.1) is 13.2 Å². The fourth-order valence-electron chi connectivity index (χ4n) is 4.13. The van der Waals surface area contributed by atoms with E-state index in [1.54, 1.807) is 0 Å². The minimum Gasteiger partial charge on any atom is -0.357 e. The molecule has 0 aliphatic carbocycles. The zero-order valence-corrected chi connectivity index (χ0v) is 16.0. The molecule has 3 fully saturated rings. The number of carbonyl (C=O) groups is 1. The van der Waals surface area contributed by atoms with Crippen molar-refractivity contribution in [3.8, 4) is 0 Å². The van der Waals surface area contributed by atoms with E-state index >= 15 is 0 Å². The maximum atomic E-state index is 12.4. The van der Waals surface area contributed by atoms with Crippen LogP contribution in [-0.4, -0.2) is 61.1 Å². The molecule has 1 spiro atoms. The van der Waals surface area contributed by atoms with Gasteiger partial charge in [-0.15, -0.1) is 0 Å². The summed E-state index contributed by atoms with van der Waals surface area (Å²) in [6, 6.07) is 4.12. The molecule has 4 heterocycles. The number of hydrogen-bond acceptors (Lipinski definition) is 5. The molecular formula is C20H30N4O3. The third kappa shape index (κ3) is 4.52. The lowest BCUT2D eigenvalue weighted by molar-refractivity contribution is -0.181. The lowest BCUT2D eigenvalue weighted by Crippen LogP contribution is -2.50. The van der Waals surface area contributed by atoms with E-state index in [0.717, 1.165) is 37.3 Å². The molecule has 7 heteroatoms. The summed E-state index contributed by atoms with van der Waals surface area (Å²) in [5.74, 6) is 0.606. The maximum absolute atomic E-state index is 12.4. The third-order valence-electron chi connectivity index (χ3n) is 5.81. The molecule has 2 amide bonds. The van der Waals surface area contributed by atoms with E-state index in [9.17, 15) is 4.79 Å². The molecule has 0 aromatic carbocycles. The van der Waals surface area contributed by atoms with Crippen LogP contribution in [-0.2, 0) is 16.0 Å². The molecule has 27 heavy (non-hydrogen) atoms. The van der Waals surface area contributed by atoms with Crippen molar-refractivity contribution in [1.29, 1.82) is 0 Å². The molecule has 0 saturated carbocycles. The SMILES string of the molecule is O=C(NCc1ccc(N2CCCCCC2)nc1)N1CCC2(CC1)OCCO2. The van der Waals surface area contributed by atoms with E-state index < -0.39 is 5.79 Å². The van der Waals surface area contributed by atoms with Crippen LogP contribution in [0.1, 0.15) is 44.1 Å². The van der Waals surface area contributed by atoms with Gasteiger partial charge in [-0.05, 0) is 24.5 Å². The third-order valence-corrected chi connectivity index (χ3v) is 5.81. The van der Waals surface area contributed by atoms with Crippen LogP contribution in [0.4, 0.5) is 10.6 Å². The number of carbonyl (C=O) groups excluding carboxylic acids is 1. The van der Waals surface area contributed by atoms with Crippen molar-refractivity contribution >= 4 is 11.8 Å². The molecule has 0 unspecified atom stereocenters. The second-order valence-corrected chi connectivity index (χ2v) is 7.68. The van der Waals surface area contributed by atoms with Crippen LogP contribution in [0.15, 0.2) is 18.3 Å². The van der Waals surface area contributed by atoms with Crippen LogP contribution in [0, 0.1) is 0 Å². The number of pyridine rings is 1. The first-order chi connectivity index (χ1) is 13.2. The summed E-state index contributed by atoms with van der Waals surface area (Å²) < 4.78 is 11.4. The number of urea groups is 1. The fourth-order valence-corrected chi connectivity index (χ4v) is 4.13. The number of hydrogen-bond donors (Lipinski definition) is 1. The van der Waals surface area contributed by atoms with Gasteiger partial charge in [0.15, 0.2) is 5.79 Å². The van der Waals surface area contributed by atoms with E-state index in [4.69, 9.17) is 9.47 Å². The second-order valence-electron chi connectivity index (χ2n) is 7.68. The molecule has 1 aromatic heterocycles. The Bertz CT molecular complexity index is 613. The monoisotopic (exact) mass is 374 g/mol. The number of likely N-dealkylation sites (tertiary alicyclic amines) is 1. The average Bonchev–Trinajstić information content (AvgIpc) is 2.99. The van der Waals surface area contributed by atoms with E-state index in [1.165, 1.54) is 25.7 Å². The van der Waals surface area contributed by atoms with Gasteiger partial charge >= 0.3 is 6.03 Å². The molecule has 1 N–H and O–H groups in total. The molecule has 0 atom stereocenters. The molecule has 0 bridgehead atoms. The maximum Gasteiger partial charge on any atom is 0.317 e. The summed E-state index contributed by atoms with van der Waals surface area (Å²) in [5.41, 5.74) is 1.03. The van der Waals surface area contributed by atoms with Gasteiger partial charge < -0.3 is 24.6 Å². The van der Waals surface area contributed by atoms with Gasteiger partial charge in [-0.1, -0.05) is 18.9 Å². The van der Waals surface area contributed by atoms with Crippen molar-refractivity contribution in [1.82, 2.24) is 15.2 Å². The Balaban J connectivity index is 1.24. The van der Waals surface area contributed by atoms with E-state index in [2.05, 4.69) is 27.3 Å². The van der Waals surface area contributed by atoms with Gasteiger partial charge in [-0.3, -0.25) is 0 Å². The highest BCUT2D eigenvalue weighted by Gasteiger charge is 2.40. The Morgan fingerprint density at radius 2 is 1.74 bits per heavy atom. The van der Waals surface area contributed by atoms with Gasteiger partial charge in [0.25, 0.3) is 0 Å². The zero-order valence-electron chi connectivity index (χ0n) is 16.0. The molecule has 3 aliphatic rings. The highest BCUT2D eigenvalue weighted by molar-refractivity contribution is 5.74. The standard InChI is InChI=1S/C20H30N4O3/c25-19(24-11-7-20(8-12-24)26-13-14-27-20)22-16-17-5-6-18(21-15-17)23-9-3-1-2-4-10-23/h5-6,15H,1-4,7-14,16H2,(H,22,25). The van der Waals surface area contributed by atoms with Crippen molar-refractivity contribution in [3.63, 3.8) is 0 Å². The number of nitrogens with one attached hydrogen (secondary N) is 1. The molecule has 7 nitrogen and oxygen atoms in total. The Morgan fingerprint density at radius 3 is 2.37 bits per heavy atom. The van der Waals surface area contributed by atoms with Crippen molar-refractivity contribution in [2.24, 2.45) is 0 Å². The second kappa shape index (κ2) is 8.44. The summed E-state index contributed by atoms with van der Waals surface area (Å²) in [6.07, 6.45) is 8.48. The molecule has 3 saturated heterocycles. The molecule has 1 aromatic rings. The van der Waals surface area contributed by atoms with Crippen molar-refractivity contribution < 1.29 is 14.3 Å². The fraction of sp³-hybridized carbons (Fsp3) is 0.700. The quantitative estimate of drug-likeness (QED) is 0.881. The lowest BCUT2D eigenvalue weighted by atomic mass is 10.0. The van der Waals surface area contributed by atoms with Crippen molar-refractivity contribution in [2.45, 2.75) is 50.9 Å². The Kier molecular flexibility index (Phi) is 5.78. The number of nitrogens with zero attached hydrogens (tertiary/aromatic N) is 3. The minimum atomic E-state index is -0.441. The van der Waals surface area contributed by atoms with Crippen LogP contribution in [0.2, 0.25) is 0 Å². The summed E-state index contributed by atoms with van der Waals surface area (Å²) in [7, 11) is 0. The predicted octanol–water partition coefficient (Wildman–Crippen LogP) is 2.51. The Hall–Kier alpha value is -1.86. The topological polar surface area (TPSA) is 66.9 Å². The van der Waals surface area contributed by atoms with E-state index in [0.29, 0.717) is 32.8 Å². The summed E-state index contributed by atoms with van der Waals surface area (Å²) in [6.45, 7) is 5.33. The van der Waals surface area contributed by atoms with Gasteiger partial charge in [0.1, 0.15) is 5.82 Å². The molecule has 4 rings (SSSR count). The number of piperidine rings is 1. The Labute approximate surface area is 161 Å². The van der Waals surface area contributed by atoms with Crippen molar-refractivity contribution in [3.05, 3.63) is 23.9 Å². The van der Waals surface area contributed by atoms with Crippen molar-refractivity contribution in [2.75, 3.05) is 44.3 Å². The largest absolute Gasteiger partial charge is 0.357 e. The number of aromatic nitrogens is 1. The normalized spacial score (nSPS) is 22.7. The first-order valence-corrected chi connectivity index (χ1v) is 10.2. The van der Waals surface area contributed by atoms with E-state index in [-0.39, 0.29) is 6.03 Å². The highest BCUT2D eigenvalue weighted by Crippen LogP contribution is 2.31. The number of anilines is 1. The summed E-state index contributed by atoms with van der Waals surface area (Å²) in [5, 5.41) is 3.01. The number of ether oxygens (including phenoxy) is 2. The molecular weight excluding hydrogens is 344 g/mol. The minimum absolute atomic E-state index is 0.0283. The lowest BCUT2D eigenvalue weighted by Gasteiger charge is -2.37. The Morgan fingerprint density at radius 1 is 1.04 bits per heavy atom. The molecule has 3 aliphatic heterocycles. The first kappa shape index (κ1) is 18.5. The molecule has 0 radical (unpaired) electrons. The summed E-state index contributed by atoms with van der Waals surface area (Å²) >= 11 is 0. The van der Waals surface area contributed by atoms with Gasteiger partial charge in [0.2, 0.25) is 0 Å². The van der Waals surface area contributed by atoms with Crippen LogP contribution < -0.4 is 10.2 Å². The molecule has 148 valence electrons. The smallest absolute Gasteiger partial charge is 0.317 e. The summed E-state index contributed by atoms with van der Waals surface area (Å²) in [4.78, 5) is 21.3. The van der Waals surface area contributed by atoms with Gasteiger partial charge in [0, 0.05) is 51.8 Å². The average molecular weight is 374 g/mol. The highest BCUT2D eigenvalue weighted by atomic mass is 16.7. The van der Waals surface area contributed by atoms with Gasteiger partial charge in [-0.25, -0.2) is 9.78 Å². The van der Waals surface area contributed by atoms with Crippen LogP contribution >= 0.6 is 0 Å². The van der Waals surface area contributed by atoms with Crippen LogP contribution in [0.5, 0.6) is 0 Å². The predicted molar refractivity (Wildman–Crippen MR) is 103 cm³/mol. The first-order valence-electron chi connectivity index (χ1n) is 10.2. The van der Waals surface area contributed by atoms with Gasteiger partial charge in [-0.2, -0.15) is 0 Å². The zero-order chi connectivity index (χ0) is 18.5.